The van der Waals surface area contributed by atoms with Gasteiger partial charge in [-0.25, -0.2) is 0 Å². The molecule has 6 heteroatoms. The standard InChI is InChI=1S/C21H31N3O3/c1-4-23(5-2)17-8-9-19(15(3)11-17)24-14-16(12-20(24)25)21(26)22-13-18-7-6-10-27-18/h8-9,11,16,18H,4-7,10,12-14H2,1-3H3,(H,22,26). The third-order valence-corrected chi connectivity index (χ3v) is 5.62. The maximum absolute atomic E-state index is 12.5. The number of benzene rings is 1. The zero-order chi connectivity index (χ0) is 19.4. The van der Waals surface area contributed by atoms with Crippen molar-refractivity contribution in [1.82, 2.24) is 5.32 Å². The number of amides is 2. The molecule has 2 fully saturated rings. The summed E-state index contributed by atoms with van der Waals surface area (Å²) in [5.74, 6) is -0.314. The Kier molecular flexibility index (Phi) is 6.37. The average Bonchev–Trinajstić information content (AvgIpc) is 3.31. The van der Waals surface area contributed by atoms with E-state index in [0.717, 1.165) is 43.8 Å². The molecule has 6 nitrogen and oxygen atoms in total. The Bertz CT molecular complexity index is 681. The van der Waals surface area contributed by atoms with Gasteiger partial charge in [-0.05, 0) is 57.4 Å². The first-order valence-corrected chi connectivity index (χ1v) is 10.1. The summed E-state index contributed by atoms with van der Waals surface area (Å²) in [6.45, 7) is 9.96. The Labute approximate surface area is 161 Å². The summed E-state index contributed by atoms with van der Waals surface area (Å²) in [4.78, 5) is 29.1. The number of nitrogens with zero attached hydrogens (tertiary/aromatic N) is 2. The van der Waals surface area contributed by atoms with Crippen LogP contribution >= 0.6 is 0 Å². The van der Waals surface area contributed by atoms with Crippen molar-refractivity contribution in [3.05, 3.63) is 23.8 Å². The molecule has 27 heavy (non-hydrogen) atoms. The fourth-order valence-electron chi connectivity index (χ4n) is 4.01. The lowest BCUT2D eigenvalue weighted by Gasteiger charge is -2.24. The number of carbonyl (C=O) groups excluding carboxylic acids is 2. The van der Waals surface area contributed by atoms with Gasteiger partial charge in [0.25, 0.3) is 0 Å². The van der Waals surface area contributed by atoms with E-state index in [1.165, 1.54) is 5.69 Å². The van der Waals surface area contributed by atoms with Gasteiger partial charge in [0, 0.05) is 50.6 Å². The molecule has 1 aromatic carbocycles. The molecule has 0 aliphatic carbocycles. The van der Waals surface area contributed by atoms with Crippen molar-refractivity contribution in [1.29, 1.82) is 0 Å². The zero-order valence-electron chi connectivity index (χ0n) is 16.7. The first-order chi connectivity index (χ1) is 13.0. The van der Waals surface area contributed by atoms with Crippen LogP contribution in [0.4, 0.5) is 11.4 Å². The number of ether oxygens (including phenoxy) is 1. The summed E-state index contributed by atoms with van der Waals surface area (Å²) in [5.41, 5.74) is 3.14. The summed E-state index contributed by atoms with van der Waals surface area (Å²) in [6.07, 6.45) is 2.44. The summed E-state index contributed by atoms with van der Waals surface area (Å²) in [6, 6.07) is 6.20. The van der Waals surface area contributed by atoms with E-state index >= 15 is 0 Å². The van der Waals surface area contributed by atoms with Gasteiger partial charge in [-0.3, -0.25) is 9.59 Å². The van der Waals surface area contributed by atoms with Gasteiger partial charge in [-0.15, -0.1) is 0 Å². The lowest BCUT2D eigenvalue weighted by Crippen LogP contribution is -2.37. The molecule has 1 aromatic rings. The second-order valence-corrected chi connectivity index (χ2v) is 7.43. The molecule has 2 unspecified atom stereocenters. The third kappa shape index (κ3) is 4.43. The molecule has 2 aliphatic heterocycles. The minimum atomic E-state index is -0.291. The van der Waals surface area contributed by atoms with E-state index in [1.54, 1.807) is 4.90 Å². The minimum Gasteiger partial charge on any atom is -0.376 e. The lowest BCUT2D eigenvalue weighted by molar-refractivity contribution is -0.126. The average molecular weight is 373 g/mol. The van der Waals surface area contributed by atoms with E-state index in [-0.39, 0.29) is 30.3 Å². The molecule has 2 aliphatic rings. The van der Waals surface area contributed by atoms with E-state index < -0.39 is 0 Å². The van der Waals surface area contributed by atoms with Crippen LogP contribution in [0.5, 0.6) is 0 Å². The number of hydrogen-bond acceptors (Lipinski definition) is 4. The van der Waals surface area contributed by atoms with Gasteiger partial charge in [0.2, 0.25) is 11.8 Å². The highest BCUT2D eigenvalue weighted by Crippen LogP contribution is 2.30. The van der Waals surface area contributed by atoms with Crippen LogP contribution in [0, 0.1) is 12.8 Å². The first-order valence-electron chi connectivity index (χ1n) is 10.1. The number of anilines is 2. The number of rotatable bonds is 7. The monoisotopic (exact) mass is 373 g/mol. The fourth-order valence-corrected chi connectivity index (χ4v) is 4.01. The SMILES string of the molecule is CCN(CC)c1ccc(N2CC(C(=O)NCC3CCCO3)CC2=O)c(C)c1. The van der Waals surface area contributed by atoms with Crippen LogP contribution in [0.1, 0.15) is 38.7 Å². The van der Waals surface area contributed by atoms with E-state index in [4.69, 9.17) is 4.74 Å². The van der Waals surface area contributed by atoms with Gasteiger partial charge in [-0.1, -0.05) is 0 Å². The molecule has 0 saturated carbocycles. The second kappa shape index (κ2) is 8.74. The van der Waals surface area contributed by atoms with E-state index in [1.807, 2.05) is 13.0 Å². The Hall–Kier alpha value is -2.08. The van der Waals surface area contributed by atoms with E-state index in [2.05, 4.69) is 36.2 Å². The molecule has 2 atom stereocenters. The lowest BCUT2D eigenvalue weighted by atomic mass is 10.1. The summed E-state index contributed by atoms with van der Waals surface area (Å²) >= 11 is 0. The molecule has 0 bridgehead atoms. The van der Waals surface area contributed by atoms with Crippen LogP contribution in [-0.4, -0.2) is 50.7 Å². The van der Waals surface area contributed by atoms with Crippen molar-refractivity contribution in [3.63, 3.8) is 0 Å². The molecular formula is C21H31N3O3. The van der Waals surface area contributed by atoms with E-state index in [9.17, 15) is 9.59 Å². The molecule has 2 amide bonds. The van der Waals surface area contributed by atoms with Crippen LogP contribution in [0.25, 0.3) is 0 Å². The van der Waals surface area contributed by atoms with Gasteiger partial charge in [0.05, 0.1) is 12.0 Å². The number of nitrogens with one attached hydrogen (secondary N) is 1. The number of carbonyl (C=O) groups is 2. The second-order valence-electron chi connectivity index (χ2n) is 7.43. The third-order valence-electron chi connectivity index (χ3n) is 5.62. The van der Waals surface area contributed by atoms with Gasteiger partial charge < -0.3 is 19.9 Å². The molecular weight excluding hydrogens is 342 g/mol. The Morgan fingerprint density at radius 3 is 2.74 bits per heavy atom. The van der Waals surface area contributed by atoms with Crippen molar-refractivity contribution in [2.45, 2.75) is 46.1 Å². The smallest absolute Gasteiger partial charge is 0.227 e. The maximum atomic E-state index is 12.5. The Morgan fingerprint density at radius 1 is 1.33 bits per heavy atom. The van der Waals surface area contributed by atoms with Crippen molar-refractivity contribution in [3.8, 4) is 0 Å². The highest BCUT2D eigenvalue weighted by Gasteiger charge is 2.36. The molecule has 2 saturated heterocycles. The predicted octanol–water partition coefficient (Wildman–Crippen LogP) is 2.49. The fraction of sp³-hybridized carbons (Fsp3) is 0.619. The van der Waals surface area contributed by atoms with Gasteiger partial charge in [0.1, 0.15) is 0 Å². The Morgan fingerprint density at radius 2 is 2.11 bits per heavy atom. The van der Waals surface area contributed by atoms with Crippen LogP contribution < -0.4 is 15.1 Å². The van der Waals surface area contributed by atoms with Crippen molar-refractivity contribution < 1.29 is 14.3 Å². The molecule has 2 heterocycles. The van der Waals surface area contributed by atoms with Gasteiger partial charge in [0.15, 0.2) is 0 Å². The van der Waals surface area contributed by atoms with Crippen molar-refractivity contribution >= 4 is 23.2 Å². The topological polar surface area (TPSA) is 61.9 Å². The molecule has 0 aromatic heterocycles. The van der Waals surface area contributed by atoms with Crippen LogP contribution in [0.3, 0.4) is 0 Å². The largest absolute Gasteiger partial charge is 0.376 e. The maximum Gasteiger partial charge on any atom is 0.227 e. The molecule has 1 N–H and O–H groups in total. The summed E-state index contributed by atoms with van der Waals surface area (Å²) in [5, 5.41) is 2.96. The molecule has 148 valence electrons. The van der Waals surface area contributed by atoms with Crippen LogP contribution in [0.2, 0.25) is 0 Å². The Balaban J connectivity index is 1.63. The van der Waals surface area contributed by atoms with Crippen LogP contribution in [0.15, 0.2) is 18.2 Å². The summed E-state index contributed by atoms with van der Waals surface area (Å²) < 4.78 is 5.55. The number of aryl methyl sites for hydroxylation is 1. The predicted molar refractivity (Wildman–Crippen MR) is 107 cm³/mol. The highest BCUT2D eigenvalue weighted by atomic mass is 16.5. The first kappa shape index (κ1) is 19.7. The van der Waals surface area contributed by atoms with Gasteiger partial charge >= 0.3 is 0 Å². The highest BCUT2D eigenvalue weighted by molar-refractivity contribution is 6.01. The van der Waals surface area contributed by atoms with Crippen molar-refractivity contribution in [2.24, 2.45) is 5.92 Å². The molecule has 3 rings (SSSR count). The number of hydrogen-bond donors (Lipinski definition) is 1. The van der Waals surface area contributed by atoms with Crippen LogP contribution in [-0.2, 0) is 14.3 Å². The van der Waals surface area contributed by atoms with Crippen molar-refractivity contribution in [2.75, 3.05) is 42.6 Å². The molecule has 0 radical (unpaired) electrons. The molecule has 0 spiro atoms. The minimum absolute atomic E-state index is 0.0194. The zero-order valence-corrected chi connectivity index (χ0v) is 16.7. The van der Waals surface area contributed by atoms with E-state index in [0.29, 0.717) is 13.1 Å². The quantitative estimate of drug-likeness (QED) is 0.798. The van der Waals surface area contributed by atoms with Gasteiger partial charge in [-0.2, -0.15) is 0 Å². The normalized spacial score (nSPS) is 22.3. The summed E-state index contributed by atoms with van der Waals surface area (Å²) in [7, 11) is 0.